The molecule has 0 saturated carbocycles. The van der Waals surface area contributed by atoms with E-state index in [9.17, 15) is 0 Å². The van der Waals surface area contributed by atoms with Crippen LogP contribution in [-0.4, -0.2) is 45.6 Å². The summed E-state index contributed by atoms with van der Waals surface area (Å²) in [5.41, 5.74) is 0. The van der Waals surface area contributed by atoms with Crippen LogP contribution in [0.2, 0.25) is 0 Å². The van der Waals surface area contributed by atoms with Crippen molar-refractivity contribution >= 4 is 58.3 Å². The second kappa shape index (κ2) is 14.9. The summed E-state index contributed by atoms with van der Waals surface area (Å²) >= 11 is 18.9. The van der Waals surface area contributed by atoms with Gasteiger partial charge in [0, 0.05) is 27.2 Å². The Labute approximate surface area is 140 Å². The van der Waals surface area contributed by atoms with Crippen LogP contribution in [0, 0.1) is 0 Å². The van der Waals surface area contributed by atoms with Crippen LogP contribution in [0.1, 0.15) is 26.7 Å². The Morgan fingerprint density at radius 3 is 1.18 bits per heavy atom. The summed E-state index contributed by atoms with van der Waals surface area (Å²) in [7, 11) is 3.83. The van der Waals surface area contributed by atoms with Crippen LogP contribution in [0.4, 0.5) is 0 Å². The van der Waals surface area contributed by atoms with Gasteiger partial charge in [-0.15, -0.1) is 0 Å². The molecule has 0 heterocycles. The van der Waals surface area contributed by atoms with E-state index in [0.717, 1.165) is 25.9 Å². The molecule has 96 valence electrons. The quantitative estimate of drug-likeness (QED) is 0.427. The van der Waals surface area contributed by atoms with Crippen LogP contribution in [0.25, 0.3) is 0 Å². The molecule has 0 saturated heterocycles. The maximum atomic E-state index is 4.72. The topological polar surface area (TPSA) is 6.48 Å². The Bertz CT molecular complexity index is 192. The molecular weight excluding hydrogens is 342 g/mol. The third kappa shape index (κ3) is 16.8. The summed E-state index contributed by atoms with van der Waals surface area (Å²) in [5, 5.41) is 0. The molecule has 0 N–H and O–H groups in total. The standard InChI is InChI=1S/2C5H11NS2.Zn/c2*1-3-4-6(2)5(7)8;/h2*3-4H2,1-2H3,(H,7,8);/q;;+2/p-2. The zero-order chi connectivity index (χ0) is 13.1. The first-order chi connectivity index (χ1) is 7.36. The van der Waals surface area contributed by atoms with E-state index in [1.165, 1.54) is 0 Å². The first kappa shape index (κ1) is 23.0. The van der Waals surface area contributed by atoms with E-state index < -0.39 is 0 Å². The molecule has 2 nitrogen and oxygen atoms in total. The molecule has 0 aromatic heterocycles. The van der Waals surface area contributed by atoms with Crippen LogP contribution >= 0.6 is 24.4 Å². The molecule has 0 bridgehead atoms. The average Bonchev–Trinajstić information content (AvgIpc) is 2.19. The van der Waals surface area contributed by atoms with Crippen molar-refractivity contribution in [1.29, 1.82) is 0 Å². The van der Waals surface area contributed by atoms with E-state index >= 15 is 0 Å². The maximum absolute atomic E-state index is 4.72. The van der Waals surface area contributed by atoms with Crippen LogP contribution in [0.5, 0.6) is 0 Å². The van der Waals surface area contributed by atoms with Crippen molar-refractivity contribution in [2.45, 2.75) is 26.7 Å². The number of hydrogen-bond acceptors (Lipinski definition) is 4. The van der Waals surface area contributed by atoms with Gasteiger partial charge in [0.05, 0.1) is 0 Å². The van der Waals surface area contributed by atoms with E-state index in [4.69, 9.17) is 49.7 Å². The molecule has 0 unspecified atom stereocenters. The van der Waals surface area contributed by atoms with Crippen molar-refractivity contribution in [3.05, 3.63) is 0 Å². The summed E-state index contributed by atoms with van der Waals surface area (Å²) in [6.45, 7) is 6.15. The smallest absolute Gasteiger partial charge is 0.411 e. The Morgan fingerprint density at radius 1 is 0.882 bits per heavy atom. The molecule has 0 aliphatic rings. The Balaban J connectivity index is -0.000000218. The fourth-order valence-corrected chi connectivity index (χ4v) is 1.22. The Kier molecular flexibility index (Phi) is 20.1. The maximum Gasteiger partial charge on any atom is 2.00 e. The third-order valence-electron chi connectivity index (χ3n) is 1.74. The van der Waals surface area contributed by atoms with Crippen LogP contribution < -0.4 is 0 Å². The van der Waals surface area contributed by atoms with Crippen LogP contribution in [0.3, 0.4) is 0 Å². The first-order valence-electron chi connectivity index (χ1n) is 5.20. The van der Waals surface area contributed by atoms with Gasteiger partial charge in [0.2, 0.25) is 0 Å². The predicted octanol–water partition coefficient (Wildman–Crippen LogP) is 2.32. The number of hydrogen-bond donors (Lipinski definition) is 0. The van der Waals surface area contributed by atoms with Crippen molar-refractivity contribution in [1.82, 2.24) is 9.80 Å². The molecule has 0 spiro atoms. The molecule has 0 amide bonds. The molecule has 0 fully saturated rings. The van der Waals surface area contributed by atoms with Crippen molar-refractivity contribution in [3.8, 4) is 0 Å². The second-order valence-corrected chi connectivity index (χ2v) is 5.44. The molecule has 0 atom stereocenters. The zero-order valence-electron chi connectivity index (χ0n) is 11.1. The predicted molar refractivity (Wildman–Crippen MR) is 85.8 cm³/mol. The minimum absolute atomic E-state index is 0. The monoisotopic (exact) mass is 360 g/mol. The number of thiocarbonyl (C=S) groups is 2. The van der Waals surface area contributed by atoms with E-state index in [2.05, 4.69) is 13.8 Å². The number of rotatable bonds is 4. The summed E-state index contributed by atoms with van der Waals surface area (Å²) in [6, 6.07) is 0. The minimum atomic E-state index is 0. The van der Waals surface area contributed by atoms with Gasteiger partial charge in [-0.3, -0.25) is 0 Å². The van der Waals surface area contributed by atoms with Gasteiger partial charge in [-0.05, 0) is 12.8 Å². The van der Waals surface area contributed by atoms with Crippen molar-refractivity contribution in [3.63, 3.8) is 0 Å². The van der Waals surface area contributed by atoms with Gasteiger partial charge < -0.3 is 59.5 Å². The summed E-state index contributed by atoms with van der Waals surface area (Å²) in [4.78, 5) is 3.79. The molecule has 7 heteroatoms. The fourth-order valence-electron chi connectivity index (χ4n) is 0.853. The van der Waals surface area contributed by atoms with Gasteiger partial charge in [0.15, 0.2) is 0 Å². The van der Waals surface area contributed by atoms with Crippen molar-refractivity contribution in [2.24, 2.45) is 0 Å². The van der Waals surface area contributed by atoms with E-state index in [1.54, 1.807) is 0 Å². The van der Waals surface area contributed by atoms with E-state index in [1.807, 2.05) is 23.9 Å². The average molecular weight is 362 g/mol. The first-order valence-corrected chi connectivity index (χ1v) is 6.84. The normalized spacial score (nSPS) is 8.24. The second-order valence-electron chi connectivity index (χ2n) is 3.37. The van der Waals surface area contributed by atoms with Gasteiger partial charge in [0.1, 0.15) is 0 Å². The van der Waals surface area contributed by atoms with Gasteiger partial charge >= 0.3 is 19.5 Å². The molecule has 0 radical (unpaired) electrons. The van der Waals surface area contributed by atoms with Gasteiger partial charge in [0.25, 0.3) is 0 Å². The van der Waals surface area contributed by atoms with Gasteiger partial charge in [-0.2, -0.15) is 0 Å². The Morgan fingerprint density at radius 2 is 1.12 bits per heavy atom. The van der Waals surface area contributed by atoms with Gasteiger partial charge in [-0.1, -0.05) is 22.5 Å². The SMILES string of the molecule is CCCN(C)C(=S)[S-].CCCN(C)C(=S)[S-].[Zn+2]. The summed E-state index contributed by atoms with van der Waals surface area (Å²) in [5.74, 6) is 0. The van der Waals surface area contributed by atoms with E-state index in [0.29, 0.717) is 8.64 Å². The molecular formula is C10H20N2S4Zn. The fraction of sp³-hybridized carbons (Fsp3) is 0.800. The van der Waals surface area contributed by atoms with Crippen LogP contribution in [0.15, 0.2) is 0 Å². The summed E-state index contributed by atoms with van der Waals surface area (Å²) in [6.07, 6.45) is 2.21. The van der Waals surface area contributed by atoms with Gasteiger partial charge in [-0.25, -0.2) is 0 Å². The molecule has 0 aromatic carbocycles. The molecule has 0 aromatic rings. The van der Waals surface area contributed by atoms with E-state index in [-0.39, 0.29) is 19.5 Å². The zero-order valence-corrected chi connectivity index (χ0v) is 17.3. The molecule has 17 heavy (non-hydrogen) atoms. The molecule has 0 aliphatic carbocycles. The van der Waals surface area contributed by atoms with Crippen molar-refractivity contribution in [2.75, 3.05) is 27.2 Å². The molecule has 0 rings (SSSR count). The summed E-state index contributed by atoms with van der Waals surface area (Å²) < 4.78 is 1.12. The number of nitrogens with zero attached hydrogens (tertiary/aromatic N) is 2. The minimum Gasteiger partial charge on any atom is -0.411 e. The largest absolute Gasteiger partial charge is 2.00 e. The van der Waals surface area contributed by atoms with Crippen LogP contribution in [-0.2, 0) is 44.7 Å². The third-order valence-corrected chi connectivity index (χ3v) is 2.99. The van der Waals surface area contributed by atoms with Crippen molar-refractivity contribution < 1.29 is 19.5 Å². The molecule has 0 aliphatic heterocycles. The Hall–Kier alpha value is 0.843.